The Morgan fingerprint density at radius 3 is 2.62 bits per heavy atom. The van der Waals surface area contributed by atoms with Gasteiger partial charge in [-0.2, -0.15) is 0 Å². The number of aliphatic hydroxyl groups is 2. The molecule has 7 heteroatoms. The molecule has 0 aromatic heterocycles. The van der Waals surface area contributed by atoms with E-state index in [1.54, 1.807) is 0 Å². The second kappa shape index (κ2) is 8.81. The Balaban J connectivity index is 1.57. The standard InChI is InChI=1S/C25H41N3O4/c1-14(5-8-22(31)32-4)17-6-7-18-23-19(13-21(30)25(17,18)3)24(2)10-9-16(27-28-26)11-15(24)12-20(23)29/h14-21,23,29-30H,5-13H2,1-4H3/t14-,15-,16-,17+,18?,19?,20+,21-,23?,24-,25+/m0/s1. The number of esters is 1. The summed E-state index contributed by atoms with van der Waals surface area (Å²) in [6.07, 6.45) is 6.83. The molecule has 7 nitrogen and oxygen atoms in total. The van der Waals surface area contributed by atoms with E-state index in [4.69, 9.17) is 10.3 Å². The van der Waals surface area contributed by atoms with Crippen LogP contribution in [-0.4, -0.2) is 41.5 Å². The van der Waals surface area contributed by atoms with Crippen molar-refractivity contribution in [1.82, 2.24) is 0 Å². The lowest BCUT2D eigenvalue weighted by Gasteiger charge is -2.63. The maximum absolute atomic E-state index is 11.7. The lowest BCUT2D eigenvalue weighted by Crippen LogP contribution is -2.62. The summed E-state index contributed by atoms with van der Waals surface area (Å²) >= 11 is 0. The van der Waals surface area contributed by atoms with Crippen LogP contribution in [0.2, 0.25) is 0 Å². The van der Waals surface area contributed by atoms with E-state index < -0.39 is 0 Å². The van der Waals surface area contributed by atoms with E-state index in [2.05, 4.69) is 30.8 Å². The number of methoxy groups -OCH3 is 1. The zero-order valence-electron chi connectivity index (χ0n) is 20.1. The van der Waals surface area contributed by atoms with Crippen LogP contribution in [0.5, 0.6) is 0 Å². The van der Waals surface area contributed by atoms with Gasteiger partial charge in [0.15, 0.2) is 0 Å². The summed E-state index contributed by atoms with van der Waals surface area (Å²) < 4.78 is 4.84. The number of carbonyl (C=O) groups excluding carboxylic acids is 1. The minimum atomic E-state index is -0.389. The van der Waals surface area contributed by atoms with Crippen LogP contribution in [0.1, 0.15) is 78.6 Å². The van der Waals surface area contributed by atoms with Gasteiger partial charge in [-0.3, -0.25) is 4.79 Å². The zero-order valence-corrected chi connectivity index (χ0v) is 20.1. The second-order valence-corrected chi connectivity index (χ2v) is 11.8. The molecule has 4 rings (SSSR count). The summed E-state index contributed by atoms with van der Waals surface area (Å²) in [4.78, 5) is 14.7. The van der Waals surface area contributed by atoms with Crippen molar-refractivity contribution in [3.8, 4) is 0 Å². The number of fused-ring (bicyclic) bond motifs is 5. The molecule has 0 bridgehead atoms. The van der Waals surface area contributed by atoms with Gasteiger partial charge in [-0.1, -0.05) is 25.9 Å². The first-order valence-corrected chi connectivity index (χ1v) is 12.6. The van der Waals surface area contributed by atoms with Crippen LogP contribution in [0, 0.1) is 46.3 Å². The number of ether oxygens (including phenoxy) is 1. The van der Waals surface area contributed by atoms with E-state index in [9.17, 15) is 15.0 Å². The third kappa shape index (κ3) is 3.65. The molecule has 11 atom stereocenters. The molecule has 0 aliphatic heterocycles. The van der Waals surface area contributed by atoms with Gasteiger partial charge in [0.25, 0.3) is 0 Å². The number of hydrogen-bond acceptors (Lipinski definition) is 5. The Labute approximate surface area is 191 Å². The largest absolute Gasteiger partial charge is 0.469 e. The van der Waals surface area contributed by atoms with Gasteiger partial charge in [0.05, 0.1) is 19.3 Å². The summed E-state index contributed by atoms with van der Waals surface area (Å²) in [5.74, 6) is 1.70. The molecule has 3 unspecified atom stereocenters. The van der Waals surface area contributed by atoms with Crippen molar-refractivity contribution in [1.29, 1.82) is 0 Å². The highest BCUT2D eigenvalue weighted by Crippen LogP contribution is 2.68. The van der Waals surface area contributed by atoms with Gasteiger partial charge in [0, 0.05) is 17.4 Å². The van der Waals surface area contributed by atoms with Crippen molar-refractivity contribution in [2.75, 3.05) is 7.11 Å². The lowest BCUT2D eigenvalue weighted by atomic mass is 9.43. The van der Waals surface area contributed by atoms with Crippen molar-refractivity contribution in [2.24, 2.45) is 51.5 Å². The summed E-state index contributed by atoms with van der Waals surface area (Å²) in [7, 11) is 1.43. The average Bonchev–Trinajstić information content (AvgIpc) is 3.12. The third-order valence-electron chi connectivity index (χ3n) is 10.8. The van der Waals surface area contributed by atoms with Crippen molar-refractivity contribution in [3.63, 3.8) is 0 Å². The van der Waals surface area contributed by atoms with Crippen LogP contribution in [0.15, 0.2) is 5.11 Å². The highest BCUT2D eigenvalue weighted by Gasteiger charge is 2.65. The summed E-state index contributed by atoms with van der Waals surface area (Å²) in [5.41, 5.74) is 8.75. The predicted octanol–water partition coefficient (Wildman–Crippen LogP) is 4.86. The molecule has 0 amide bonds. The van der Waals surface area contributed by atoms with Crippen LogP contribution in [-0.2, 0) is 9.53 Å². The number of azide groups is 1. The molecule has 32 heavy (non-hydrogen) atoms. The van der Waals surface area contributed by atoms with Crippen molar-refractivity contribution >= 4 is 5.97 Å². The highest BCUT2D eigenvalue weighted by atomic mass is 16.5. The van der Waals surface area contributed by atoms with Crippen LogP contribution in [0.4, 0.5) is 0 Å². The van der Waals surface area contributed by atoms with E-state index in [0.717, 1.165) is 51.4 Å². The molecule has 0 aromatic rings. The summed E-state index contributed by atoms with van der Waals surface area (Å²) in [5, 5.41) is 27.0. The smallest absolute Gasteiger partial charge is 0.305 e. The fourth-order valence-corrected chi connectivity index (χ4v) is 8.96. The molecule has 0 spiro atoms. The molecule has 0 radical (unpaired) electrons. The van der Waals surface area contributed by atoms with E-state index in [-0.39, 0.29) is 41.0 Å². The Hall–Kier alpha value is -1.30. The number of nitrogens with zero attached hydrogens (tertiary/aromatic N) is 3. The normalized spacial score (nSPS) is 48.6. The second-order valence-electron chi connectivity index (χ2n) is 11.8. The Bertz CT molecular complexity index is 770. The fraction of sp³-hybridized carbons (Fsp3) is 0.960. The van der Waals surface area contributed by atoms with Gasteiger partial charge in [-0.05, 0) is 103 Å². The van der Waals surface area contributed by atoms with Gasteiger partial charge in [-0.15, -0.1) is 0 Å². The molecule has 0 saturated heterocycles. The Kier molecular flexibility index (Phi) is 6.56. The predicted molar refractivity (Wildman–Crippen MR) is 121 cm³/mol. The van der Waals surface area contributed by atoms with E-state index in [0.29, 0.717) is 36.0 Å². The van der Waals surface area contributed by atoms with Gasteiger partial charge in [0.1, 0.15) is 0 Å². The molecule has 0 heterocycles. The van der Waals surface area contributed by atoms with Crippen LogP contribution in [0.3, 0.4) is 0 Å². The first-order chi connectivity index (χ1) is 15.2. The molecule has 4 fully saturated rings. The molecule has 4 aliphatic rings. The monoisotopic (exact) mass is 447 g/mol. The maximum Gasteiger partial charge on any atom is 0.305 e. The van der Waals surface area contributed by atoms with E-state index >= 15 is 0 Å². The van der Waals surface area contributed by atoms with Crippen LogP contribution in [0.25, 0.3) is 10.4 Å². The van der Waals surface area contributed by atoms with Gasteiger partial charge < -0.3 is 14.9 Å². The molecule has 0 aromatic carbocycles. The molecule has 4 aliphatic carbocycles. The highest BCUT2D eigenvalue weighted by molar-refractivity contribution is 5.69. The first-order valence-electron chi connectivity index (χ1n) is 12.6. The molecular formula is C25H41N3O4. The molecule has 4 saturated carbocycles. The first kappa shape index (κ1) is 23.8. The fourth-order valence-electron chi connectivity index (χ4n) is 8.96. The van der Waals surface area contributed by atoms with Gasteiger partial charge in [-0.25, -0.2) is 0 Å². The maximum atomic E-state index is 11.7. The van der Waals surface area contributed by atoms with Gasteiger partial charge in [0.2, 0.25) is 0 Å². The van der Waals surface area contributed by atoms with E-state index in [1.807, 2.05) is 0 Å². The topological polar surface area (TPSA) is 116 Å². The van der Waals surface area contributed by atoms with Crippen LogP contribution < -0.4 is 0 Å². The van der Waals surface area contributed by atoms with Crippen molar-refractivity contribution in [2.45, 2.75) is 96.8 Å². The zero-order chi connectivity index (χ0) is 23.3. The summed E-state index contributed by atoms with van der Waals surface area (Å²) in [6, 6.07) is 0.0344. The third-order valence-corrected chi connectivity index (χ3v) is 10.8. The minimum Gasteiger partial charge on any atom is -0.469 e. The van der Waals surface area contributed by atoms with Gasteiger partial charge >= 0.3 is 5.97 Å². The molecule has 180 valence electrons. The Morgan fingerprint density at radius 1 is 1.19 bits per heavy atom. The minimum absolute atomic E-state index is 0.0344. The number of hydrogen-bond donors (Lipinski definition) is 2. The summed E-state index contributed by atoms with van der Waals surface area (Å²) in [6.45, 7) is 6.84. The number of carbonyl (C=O) groups is 1. The number of rotatable bonds is 5. The van der Waals surface area contributed by atoms with Crippen molar-refractivity contribution < 1.29 is 19.7 Å². The Morgan fingerprint density at radius 2 is 1.94 bits per heavy atom. The average molecular weight is 448 g/mol. The van der Waals surface area contributed by atoms with Crippen LogP contribution >= 0.6 is 0 Å². The SMILES string of the molecule is COC(=O)CC[C@H](C)[C@H]1CCC2C3C(C[C@H](O)[C@@]21C)[C@@]1(C)CC[C@H](N=[N+]=[N-])C[C@H]1C[C@H]3O. The molecule has 2 N–H and O–H groups in total. The quantitative estimate of drug-likeness (QED) is 0.271. The molecular weight excluding hydrogens is 406 g/mol. The van der Waals surface area contributed by atoms with E-state index in [1.165, 1.54) is 7.11 Å². The number of aliphatic hydroxyl groups excluding tert-OH is 2. The lowest BCUT2D eigenvalue weighted by molar-refractivity contribution is -0.202. The van der Waals surface area contributed by atoms with Crippen molar-refractivity contribution in [3.05, 3.63) is 10.4 Å².